The highest BCUT2D eigenvalue weighted by molar-refractivity contribution is 6.37. The highest BCUT2D eigenvalue weighted by atomic mass is 16.4. The third-order valence-corrected chi connectivity index (χ3v) is 8.41. The zero-order valence-electron chi connectivity index (χ0n) is 28.2. The van der Waals surface area contributed by atoms with E-state index < -0.39 is 0 Å². The summed E-state index contributed by atoms with van der Waals surface area (Å²) in [6.45, 7) is 4.57. The van der Waals surface area contributed by atoms with Crippen molar-refractivity contribution in [3.63, 3.8) is 0 Å². The van der Waals surface area contributed by atoms with Crippen molar-refractivity contribution in [2.75, 3.05) is 47.6 Å². The van der Waals surface area contributed by atoms with Gasteiger partial charge in [0, 0.05) is 48.7 Å². The number of benzene rings is 4. The van der Waals surface area contributed by atoms with Crippen molar-refractivity contribution in [2.45, 2.75) is 32.9 Å². The van der Waals surface area contributed by atoms with Gasteiger partial charge < -0.3 is 29.8 Å². The topological polar surface area (TPSA) is 94.0 Å². The van der Waals surface area contributed by atoms with Gasteiger partial charge in [0.15, 0.2) is 0 Å². The number of para-hydroxylation sites is 1. The summed E-state index contributed by atoms with van der Waals surface area (Å²) < 4.78 is 6.18. The van der Waals surface area contributed by atoms with Crippen molar-refractivity contribution in [1.29, 1.82) is 0 Å². The number of carbonyl (C=O) groups excluding carboxylic acids is 2. The van der Waals surface area contributed by atoms with Crippen molar-refractivity contribution in [1.82, 2.24) is 9.88 Å². The molecule has 2 N–H and O–H groups in total. The fraction of sp³-hybridized carbons (Fsp3) is 0.225. The Labute approximate surface area is 287 Å². The minimum atomic E-state index is -0.226. The lowest BCUT2D eigenvalue weighted by Gasteiger charge is -2.24. The van der Waals surface area contributed by atoms with Crippen LogP contribution in [0.1, 0.15) is 42.1 Å². The summed E-state index contributed by atoms with van der Waals surface area (Å²) in [5.74, 6) is -0.150. The van der Waals surface area contributed by atoms with Crippen LogP contribution >= 0.6 is 0 Å². The molecule has 49 heavy (non-hydrogen) atoms. The van der Waals surface area contributed by atoms with Crippen LogP contribution in [0, 0.1) is 0 Å². The van der Waals surface area contributed by atoms with Crippen LogP contribution in [-0.4, -0.2) is 48.9 Å². The van der Waals surface area contributed by atoms with Crippen LogP contribution in [0.5, 0.6) is 0 Å². The monoisotopic (exact) mass is 654 g/mol. The molecule has 1 aromatic heterocycles. The quantitative estimate of drug-likeness (QED) is 0.120. The molecule has 0 saturated carbocycles. The molecular weight excluding hydrogens is 612 g/mol. The molecule has 9 nitrogen and oxygen atoms in total. The van der Waals surface area contributed by atoms with Gasteiger partial charge in [-0.25, -0.2) is 0 Å². The van der Waals surface area contributed by atoms with Crippen LogP contribution in [0.15, 0.2) is 120 Å². The van der Waals surface area contributed by atoms with Gasteiger partial charge in [-0.1, -0.05) is 85.8 Å². The highest BCUT2D eigenvalue weighted by Crippen LogP contribution is 2.38. The molecule has 0 saturated heterocycles. The normalized spacial score (nSPS) is 13.2. The third kappa shape index (κ3) is 8.08. The fourth-order valence-corrected chi connectivity index (χ4v) is 5.95. The first-order valence-electron chi connectivity index (χ1n) is 16.7. The highest BCUT2D eigenvalue weighted by Gasteiger charge is 2.30. The van der Waals surface area contributed by atoms with E-state index in [4.69, 9.17) is 9.40 Å². The van der Waals surface area contributed by atoms with Crippen molar-refractivity contribution in [3.05, 3.63) is 138 Å². The molecular formula is C40H42N6O3. The van der Waals surface area contributed by atoms with Crippen molar-refractivity contribution < 1.29 is 14.0 Å². The summed E-state index contributed by atoms with van der Waals surface area (Å²) in [5, 5.41) is 6.49. The molecule has 2 amide bonds. The molecule has 0 fully saturated rings. The zero-order chi connectivity index (χ0) is 34.2. The second-order valence-corrected chi connectivity index (χ2v) is 12.3. The van der Waals surface area contributed by atoms with Crippen LogP contribution in [0.3, 0.4) is 0 Å². The number of nitrogens with one attached hydrogen (secondary N) is 2. The number of hydrogen-bond acceptors (Lipinski definition) is 7. The molecule has 6 rings (SSSR count). The molecule has 2 heterocycles. The van der Waals surface area contributed by atoms with E-state index >= 15 is 0 Å². The first-order valence-corrected chi connectivity index (χ1v) is 16.7. The largest absolute Gasteiger partial charge is 0.431 e. The van der Waals surface area contributed by atoms with Gasteiger partial charge in [0.05, 0.1) is 11.3 Å². The molecule has 0 radical (unpaired) electrons. The van der Waals surface area contributed by atoms with E-state index in [1.54, 1.807) is 6.26 Å². The third-order valence-electron chi connectivity index (χ3n) is 8.41. The second-order valence-electron chi connectivity index (χ2n) is 12.3. The number of rotatable bonds is 14. The summed E-state index contributed by atoms with van der Waals surface area (Å²) in [6, 6.07) is 36.2. The van der Waals surface area contributed by atoms with Crippen LogP contribution in [0.2, 0.25) is 0 Å². The fourth-order valence-electron chi connectivity index (χ4n) is 5.95. The van der Waals surface area contributed by atoms with Crippen molar-refractivity contribution in [2.24, 2.45) is 0 Å². The molecule has 0 aliphatic carbocycles. The maximum Gasteiger partial charge on any atom is 0.298 e. The van der Waals surface area contributed by atoms with E-state index in [1.165, 1.54) is 0 Å². The molecule has 0 atom stereocenters. The number of fused-ring (bicyclic) bond motifs is 1. The maximum atomic E-state index is 13.5. The molecule has 5 aromatic rings. The lowest BCUT2D eigenvalue weighted by Crippen LogP contribution is -2.32. The molecule has 250 valence electrons. The van der Waals surface area contributed by atoms with Crippen LogP contribution in [0.25, 0.3) is 11.3 Å². The van der Waals surface area contributed by atoms with Crippen molar-refractivity contribution >= 4 is 46.2 Å². The van der Waals surface area contributed by atoms with E-state index in [0.717, 1.165) is 46.7 Å². The molecule has 0 unspecified atom stereocenters. The van der Waals surface area contributed by atoms with Gasteiger partial charge in [0.25, 0.3) is 11.9 Å². The van der Waals surface area contributed by atoms with Gasteiger partial charge in [0.2, 0.25) is 5.91 Å². The van der Waals surface area contributed by atoms with Gasteiger partial charge in [-0.3, -0.25) is 9.59 Å². The molecule has 0 bridgehead atoms. The average Bonchev–Trinajstić information content (AvgIpc) is 3.74. The van der Waals surface area contributed by atoms with E-state index in [-0.39, 0.29) is 11.8 Å². The Morgan fingerprint density at radius 1 is 0.816 bits per heavy atom. The summed E-state index contributed by atoms with van der Waals surface area (Å²) >= 11 is 0. The number of hydrogen-bond donors (Lipinski definition) is 2. The van der Waals surface area contributed by atoms with E-state index in [1.807, 2.05) is 111 Å². The Morgan fingerprint density at radius 2 is 1.45 bits per heavy atom. The lowest BCUT2D eigenvalue weighted by molar-refractivity contribution is -0.118. The van der Waals surface area contributed by atoms with E-state index in [2.05, 4.69) is 44.7 Å². The lowest BCUT2D eigenvalue weighted by atomic mass is 10.0. The molecule has 1 aliphatic heterocycles. The van der Waals surface area contributed by atoms with Crippen LogP contribution in [-0.2, 0) is 22.7 Å². The number of anilines is 4. The smallest absolute Gasteiger partial charge is 0.298 e. The Kier molecular flexibility index (Phi) is 10.5. The van der Waals surface area contributed by atoms with E-state index in [9.17, 15) is 9.59 Å². The summed E-state index contributed by atoms with van der Waals surface area (Å²) in [4.78, 5) is 37.4. The average molecular weight is 655 g/mol. The maximum absolute atomic E-state index is 13.5. The Hall–Kier alpha value is -5.67. The second kappa shape index (κ2) is 15.5. The predicted octanol–water partition coefficient (Wildman–Crippen LogP) is 7.51. The summed E-state index contributed by atoms with van der Waals surface area (Å²) in [6.07, 6.45) is 2.89. The van der Waals surface area contributed by atoms with Gasteiger partial charge in [0.1, 0.15) is 12.0 Å². The first-order chi connectivity index (χ1) is 23.9. The van der Waals surface area contributed by atoms with Crippen LogP contribution in [0.4, 0.5) is 23.1 Å². The van der Waals surface area contributed by atoms with E-state index in [0.29, 0.717) is 49.0 Å². The molecule has 9 heteroatoms. The Balaban J connectivity index is 1.35. The van der Waals surface area contributed by atoms with Gasteiger partial charge in [-0.05, 0) is 68.5 Å². The molecule has 4 aromatic carbocycles. The number of oxazole rings is 1. The summed E-state index contributed by atoms with van der Waals surface area (Å²) in [7, 11) is 4.06. The number of aromatic nitrogens is 1. The predicted molar refractivity (Wildman–Crippen MR) is 197 cm³/mol. The van der Waals surface area contributed by atoms with Gasteiger partial charge >= 0.3 is 0 Å². The van der Waals surface area contributed by atoms with Crippen molar-refractivity contribution in [3.8, 4) is 0 Å². The number of amides is 2. The number of carbonyl (C=O) groups is 2. The minimum Gasteiger partial charge on any atom is -0.431 e. The zero-order valence-corrected chi connectivity index (χ0v) is 28.2. The Bertz CT molecular complexity index is 1860. The first kappa shape index (κ1) is 33.2. The minimum absolute atomic E-state index is 0.0761. The SMILES string of the molecule is CCC(=O)N(CCCN(C)C)c1ccc(NC(=C2C(=O)Nc3ccccc32)c2coc(N(Cc3ccccc3)Cc3ccccc3)n2)cc1. The summed E-state index contributed by atoms with van der Waals surface area (Å²) in [5.41, 5.74) is 6.84. The molecule has 1 aliphatic rings. The van der Waals surface area contributed by atoms with Gasteiger partial charge in [-0.15, -0.1) is 0 Å². The Morgan fingerprint density at radius 3 is 2.08 bits per heavy atom. The van der Waals surface area contributed by atoms with Crippen LogP contribution < -0.4 is 20.4 Å². The molecule has 0 spiro atoms. The number of nitrogens with zero attached hydrogens (tertiary/aromatic N) is 4. The van der Waals surface area contributed by atoms with Gasteiger partial charge in [-0.2, -0.15) is 4.98 Å². The standard InChI is InChI=1S/C40H42N6O3/c1-4-36(47)46(25-13-24-44(2)3)32-22-20-31(21-23-32)41-38(37-33-18-11-12-19-34(33)42-39(37)48)35-28-49-40(43-35)45(26-29-14-7-5-8-15-29)27-30-16-9-6-10-17-30/h5-12,14-23,28,41H,4,13,24-27H2,1-3H3,(H,42,48).